The summed E-state index contributed by atoms with van der Waals surface area (Å²) in [4.78, 5) is 19.4. The molecule has 0 unspecified atom stereocenters. The average molecular weight is 270 g/mol. The Kier molecular flexibility index (Phi) is 3.06. The number of aromatic nitrogens is 2. The molecule has 1 aromatic carbocycles. The molecule has 3 rings (SSSR count). The molecule has 0 aliphatic heterocycles. The third kappa shape index (κ3) is 2.45. The number of nitro benzene ring substituents is 1. The van der Waals surface area contributed by atoms with Crippen LogP contribution < -0.4 is 5.32 Å². The molecule has 1 aromatic heterocycles. The highest BCUT2D eigenvalue weighted by Crippen LogP contribution is 2.40. The summed E-state index contributed by atoms with van der Waals surface area (Å²) >= 11 is 0. The molecule has 1 N–H and O–H groups in total. The number of anilines is 1. The van der Waals surface area contributed by atoms with E-state index in [-0.39, 0.29) is 5.69 Å². The quantitative estimate of drug-likeness (QED) is 0.682. The number of nitrogens with zero attached hydrogens (tertiary/aromatic N) is 3. The van der Waals surface area contributed by atoms with Crippen molar-refractivity contribution in [3.8, 4) is 11.4 Å². The second-order valence-electron chi connectivity index (χ2n) is 4.83. The minimum Gasteiger partial charge on any atom is -0.373 e. The van der Waals surface area contributed by atoms with Crippen molar-refractivity contribution in [1.29, 1.82) is 0 Å². The van der Waals surface area contributed by atoms with E-state index in [1.54, 1.807) is 19.2 Å². The Bertz CT molecular complexity index is 668. The van der Waals surface area contributed by atoms with E-state index in [0.29, 0.717) is 17.3 Å². The van der Waals surface area contributed by atoms with E-state index in [1.165, 1.54) is 12.1 Å². The summed E-state index contributed by atoms with van der Waals surface area (Å²) in [7, 11) is 1.80. The second kappa shape index (κ2) is 4.88. The van der Waals surface area contributed by atoms with Crippen molar-refractivity contribution in [3.63, 3.8) is 0 Å². The zero-order chi connectivity index (χ0) is 14.1. The summed E-state index contributed by atoms with van der Waals surface area (Å²) in [5.74, 6) is 1.77. The van der Waals surface area contributed by atoms with Gasteiger partial charge in [0.25, 0.3) is 5.69 Å². The van der Waals surface area contributed by atoms with Gasteiger partial charge in [0, 0.05) is 42.4 Å². The zero-order valence-electron chi connectivity index (χ0n) is 11.0. The van der Waals surface area contributed by atoms with Crippen LogP contribution in [0.2, 0.25) is 0 Å². The fourth-order valence-corrected chi connectivity index (χ4v) is 2.07. The molecule has 20 heavy (non-hydrogen) atoms. The molecule has 0 spiro atoms. The van der Waals surface area contributed by atoms with Gasteiger partial charge in [-0.2, -0.15) is 0 Å². The van der Waals surface area contributed by atoms with Gasteiger partial charge >= 0.3 is 0 Å². The van der Waals surface area contributed by atoms with Crippen molar-refractivity contribution in [2.24, 2.45) is 0 Å². The standard InChI is InChI=1S/C14H14N4O2/c1-15-13-8-12(9-5-6-9)16-14(17-13)10-3-2-4-11(7-10)18(19)20/h2-4,7-9H,5-6H2,1H3,(H,15,16,17). The first kappa shape index (κ1) is 12.5. The molecule has 1 fully saturated rings. The van der Waals surface area contributed by atoms with Crippen LogP contribution in [0.5, 0.6) is 0 Å². The molecule has 0 bridgehead atoms. The van der Waals surface area contributed by atoms with Crippen LogP contribution in [0, 0.1) is 10.1 Å². The van der Waals surface area contributed by atoms with Crippen molar-refractivity contribution in [1.82, 2.24) is 9.97 Å². The lowest BCUT2D eigenvalue weighted by atomic mass is 10.1. The highest BCUT2D eigenvalue weighted by atomic mass is 16.6. The van der Waals surface area contributed by atoms with Gasteiger partial charge in [-0.15, -0.1) is 0 Å². The van der Waals surface area contributed by atoms with Crippen molar-refractivity contribution in [2.45, 2.75) is 18.8 Å². The molecule has 6 heteroatoms. The first-order valence-electron chi connectivity index (χ1n) is 6.49. The van der Waals surface area contributed by atoms with Crippen LogP contribution in [0.1, 0.15) is 24.5 Å². The zero-order valence-corrected chi connectivity index (χ0v) is 11.0. The lowest BCUT2D eigenvalue weighted by Gasteiger charge is -2.07. The maximum Gasteiger partial charge on any atom is 0.270 e. The summed E-state index contributed by atoms with van der Waals surface area (Å²) in [6.45, 7) is 0. The van der Waals surface area contributed by atoms with Crippen LogP contribution >= 0.6 is 0 Å². The van der Waals surface area contributed by atoms with E-state index in [4.69, 9.17) is 0 Å². The summed E-state index contributed by atoms with van der Waals surface area (Å²) in [5.41, 5.74) is 1.72. The Labute approximate surface area is 116 Å². The number of hydrogen-bond donors (Lipinski definition) is 1. The minimum absolute atomic E-state index is 0.0499. The lowest BCUT2D eigenvalue weighted by Crippen LogP contribution is -2.00. The molecule has 1 aliphatic carbocycles. The van der Waals surface area contributed by atoms with Crippen molar-refractivity contribution in [3.05, 3.63) is 46.1 Å². The number of nitrogens with one attached hydrogen (secondary N) is 1. The first-order valence-corrected chi connectivity index (χ1v) is 6.49. The van der Waals surface area contributed by atoms with Crippen LogP contribution in [0.15, 0.2) is 30.3 Å². The fraction of sp³-hybridized carbons (Fsp3) is 0.286. The van der Waals surface area contributed by atoms with Gasteiger partial charge in [-0.3, -0.25) is 10.1 Å². The molecule has 0 radical (unpaired) electrons. The molecule has 1 aliphatic rings. The minimum atomic E-state index is -0.410. The second-order valence-corrected chi connectivity index (χ2v) is 4.83. The van der Waals surface area contributed by atoms with E-state index in [9.17, 15) is 10.1 Å². The molecule has 102 valence electrons. The van der Waals surface area contributed by atoms with Crippen LogP contribution in [-0.4, -0.2) is 21.9 Å². The summed E-state index contributed by atoms with van der Waals surface area (Å²) in [5, 5.41) is 13.9. The third-order valence-electron chi connectivity index (χ3n) is 3.31. The van der Waals surface area contributed by atoms with Gasteiger partial charge in [0.1, 0.15) is 5.82 Å². The maximum atomic E-state index is 10.8. The average Bonchev–Trinajstić information content (AvgIpc) is 3.31. The van der Waals surface area contributed by atoms with Crippen LogP contribution in [0.3, 0.4) is 0 Å². The number of nitro groups is 1. The van der Waals surface area contributed by atoms with Crippen molar-refractivity contribution < 1.29 is 4.92 Å². The van der Waals surface area contributed by atoms with E-state index < -0.39 is 4.92 Å². The van der Waals surface area contributed by atoms with Gasteiger partial charge in [-0.25, -0.2) is 9.97 Å². The van der Waals surface area contributed by atoms with E-state index in [0.717, 1.165) is 24.4 Å². The molecule has 1 saturated carbocycles. The predicted molar refractivity (Wildman–Crippen MR) is 75.6 cm³/mol. The third-order valence-corrected chi connectivity index (χ3v) is 3.31. The Hall–Kier alpha value is -2.50. The Morgan fingerprint density at radius 2 is 2.10 bits per heavy atom. The van der Waals surface area contributed by atoms with Gasteiger partial charge in [0.05, 0.1) is 4.92 Å². The molecule has 1 heterocycles. The SMILES string of the molecule is CNc1cc(C2CC2)nc(-c2cccc([N+](=O)[O-])c2)n1. The van der Waals surface area contributed by atoms with Gasteiger partial charge in [0.15, 0.2) is 5.82 Å². The number of non-ortho nitro benzene ring substituents is 1. The fourth-order valence-electron chi connectivity index (χ4n) is 2.07. The Morgan fingerprint density at radius 3 is 2.75 bits per heavy atom. The van der Waals surface area contributed by atoms with Gasteiger partial charge in [-0.1, -0.05) is 12.1 Å². The van der Waals surface area contributed by atoms with Crippen molar-refractivity contribution >= 4 is 11.5 Å². The van der Waals surface area contributed by atoms with Crippen LogP contribution in [0.4, 0.5) is 11.5 Å². The normalized spacial score (nSPS) is 14.1. The molecular formula is C14H14N4O2. The van der Waals surface area contributed by atoms with Crippen molar-refractivity contribution in [2.75, 3.05) is 12.4 Å². The highest BCUT2D eigenvalue weighted by Gasteiger charge is 2.26. The topological polar surface area (TPSA) is 81.0 Å². The summed E-state index contributed by atoms with van der Waals surface area (Å²) in [6, 6.07) is 8.36. The molecule has 2 aromatic rings. The van der Waals surface area contributed by atoms with Gasteiger partial charge in [0.2, 0.25) is 0 Å². The molecular weight excluding hydrogens is 256 g/mol. The predicted octanol–water partition coefficient (Wildman–Crippen LogP) is 2.97. The van der Waals surface area contributed by atoms with E-state index >= 15 is 0 Å². The van der Waals surface area contributed by atoms with Crippen LogP contribution in [0.25, 0.3) is 11.4 Å². The highest BCUT2D eigenvalue weighted by molar-refractivity contribution is 5.61. The summed E-state index contributed by atoms with van der Waals surface area (Å²) < 4.78 is 0. The maximum absolute atomic E-state index is 10.8. The Morgan fingerprint density at radius 1 is 1.30 bits per heavy atom. The smallest absolute Gasteiger partial charge is 0.270 e. The first-order chi connectivity index (χ1) is 9.67. The van der Waals surface area contributed by atoms with E-state index in [1.807, 2.05) is 6.07 Å². The molecule has 0 atom stereocenters. The van der Waals surface area contributed by atoms with Gasteiger partial charge < -0.3 is 5.32 Å². The summed E-state index contributed by atoms with van der Waals surface area (Å²) in [6.07, 6.45) is 2.29. The molecule has 0 saturated heterocycles. The Balaban J connectivity index is 2.06. The number of benzene rings is 1. The largest absolute Gasteiger partial charge is 0.373 e. The monoisotopic (exact) mass is 270 g/mol. The number of hydrogen-bond acceptors (Lipinski definition) is 5. The van der Waals surface area contributed by atoms with Crippen LogP contribution in [-0.2, 0) is 0 Å². The molecule has 6 nitrogen and oxygen atoms in total. The van der Waals surface area contributed by atoms with E-state index in [2.05, 4.69) is 15.3 Å². The lowest BCUT2D eigenvalue weighted by molar-refractivity contribution is -0.384. The molecule has 0 amide bonds. The number of rotatable bonds is 4. The van der Waals surface area contributed by atoms with Gasteiger partial charge in [-0.05, 0) is 12.8 Å².